The van der Waals surface area contributed by atoms with E-state index in [2.05, 4.69) is 5.32 Å². The van der Waals surface area contributed by atoms with Crippen molar-refractivity contribution < 1.29 is 9.59 Å². The molecule has 0 bridgehead atoms. The van der Waals surface area contributed by atoms with E-state index in [0.717, 1.165) is 27.4 Å². The van der Waals surface area contributed by atoms with Gasteiger partial charge in [0.15, 0.2) is 5.78 Å². The molecule has 4 nitrogen and oxygen atoms in total. The van der Waals surface area contributed by atoms with Crippen LogP contribution >= 0.6 is 22.9 Å². The minimum absolute atomic E-state index is 0.0384. The fourth-order valence-corrected chi connectivity index (χ4v) is 4.40. The minimum Gasteiger partial charge on any atom is -0.326 e. The summed E-state index contributed by atoms with van der Waals surface area (Å²) in [5.74, 6) is -0.235. The van der Waals surface area contributed by atoms with Crippen LogP contribution in [0.5, 0.6) is 0 Å². The van der Waals surface area contributed by atoms with Gasteiger partial charge < -0.3 is 5.32 Å². The molecule has 0 fully saturated rings. The van der Waals surface area contributed by atoms with E-state index in [9.17, 15) is 9.59 Å². The normalized spacial score (nSPS) is 10.7. The monoisotopic (exact) mass is 460 g/mol. The molecule has 0 atom stereocenters. The van der Waals surface area contributed by atoms with Gasteiger partial charge in [-0.15, -0.1) is 11.3 Å². The molecule has 0 aliphatic heterocycles. The third-order valence-electron chi connectivity index (χ3n) is 5.00. The Kier molecular flexibility index (Phi) is 6.78. The van der Waals surface area contributed by atoms with E-state index in [0.29, 0.717) is 16.3 Å². The van der Waals surface area contributed by atoms with Crippen LogP contribution < -0.4 is 5.32 Å². The molecule has 4 rings (SSSR count). The second-order valence-electron chi connectivity index (χ2n) is 7.44. The van der Waals surface area contributed by atoms with Crippen LogP contribution in [0, 0.1) is 6.92 Å². The average molecular weight is 461 g/mol. The maximum atomic E-state index is 12.4. The molecule has 1 N–H and O–H groups in total. The molecule has 0 saturated heterocycles. The van der Waals surface area contributed by atoms with Crippen molar-refractivity contribution in [2.75, 3.05) is 5.32 Å². The van der Waals surface area contributed by atoms with Crippen LogP contribution in [-0.4, -0.2) is 16.7 Å². The first-order valence-electron chi connectivity index (χ1n) is 10.2. The number of thiazole rings is 1. The van der Waals surface area contributed by atoms with E-state index in [-0.39, 0.29) is 24.5 Å². The zero-order valence-electron chi connectivity index (χ0n) is 17.5. The number of aryl methyl sites for hydroxylation is 1. The molecule has 0 spiro atoms. The fraction of sp³-hybridized carbons (Fsp3) is 0.115. The lowest BCUT2D eigenvalue weighted by atomic mass is 10.0. The van der Waals surface area contributed by atoms with Crippen molar-refractivity contribution in [3.63, 3.8) is 0 Å². The number of hydrogen-bond acceptors (Lipinski definition) is 4. The molecule has 32 heavy (non-hydrogen) atoms. The number of Topliss-reactive ketones (excluding diaryl/α,β-unsaturated/α-hetero) is 1. The van der Waals surface area contributed by atoms with Crippen LogP contribution in [0.1, 0.15) is 28.8 Å². The van der Waals surface area contributed by atoms with E-state index >= 15 is 0 Å². The molecule has 3 aromatic carbocycles. The summed E-state index contributed by atoms with van der Waals surface area (Å²) in [7, 11) is 0. The van der Waals surface area contributed by atoms with Crippen LogP contribution in [-0.2, 0) is 4.79 Å². The summed E-state index contributed by atoms with van der Waals surface area (Å²) in [6.45, 7) is 1.97. The van der Waals surface area contributed by atoms with Crippen molar-refractivity contribution in [1.82, 2.24) is 4.98 Å². The number of anilines is 1. The summed E-state index contributed by atoms with van der Waals surface area (Å²) in [6, 6.07) is 22.5. The predicted molar refractivity (Wildman–Crippen MR) is 131 cm³/mol. The highest BCUT2D eigenvalue weighted by Crippen LogP contribution is 2.33. The van der Waals surface area contributed by atoms with Gasteiger partial charge in [-0.2, -0.15) is 0 Å². The summed E-state index contributed by atoms with van der Waals surface area (Å²) in [5.41, 5.74) is 5.00. The smallest absolute Gasteiger partial charge is 0.224 e. The molecule has 160 valence electrons. The topological polar surface area (TPSA) is 59.1 Å². The van der Waals surface area contributed by atoms with Crippen LogP contribution in [0.2, 0.25) is 5.02 Å². The van der Waals surface area contributed by atoms with Gasteiger partial charge in [0.05, 0.1) is 10.7 Å². The fourth-order valence-electron chi connectivity index (χ4n) is 3.26. The lowest BCUT2D eigenvalue weighted by molar-refractivity contribution is -0.116. The molecule has 0 saturated carbocycles. The first-order valence-corrected chi connectivity index (χ1v) is 11.5. The molecule has 0 aliphatic carbocycles. The van der Waals surface area contributed by atoms with Gasteiger partial charge in [0.2, 0.25) is 5.91 Å². The van der Waals surface area contributed by atoms with Crippen LogP contribution in [0.15, 0.2) is 78.2 Å². The highest BCUT2D eigenvalue weighted by Gasteiger charge is 2.12. The number of benzene rings is 3. The van der Waals surface area contributed by atoms with E-state index < -0.39 is 0 Å². The van der Waals surface area contributed by atoms with E-state index in [4.69, 9.17) is 16.6 Å². The van der Waals surface area contributed by atoms with Gasteiger partial charge in [-0.3, -0.25) is 9.59 Å². The van der Waals surface area contributed by atoms with Crippen molar-refractivity contribution >= 4 is 40.3 Å². The number of carbonyl (C=O) groups excluding carboxylic acids is 2. The van der Waals surface area contributed by atoms with E-state index in [1.807, 2.05) is 73.0 Å². The molecule has 0 aliphatic rings. The number of nitrogens with one attached hydrogen (secondary N) is 1. The van der Waals surface area contributed by atoms with Crippen molar-refractivity contribution in [1.29, 1.82) is 0 Å². The SMILES string of the molecule is Cc1ccc(C(=O)CCC(=O)Nc2cccc(-c3csc(-c4ccccc4Cl)n3)c2)cc1. The number of halogens is 1. The zero-order valence-corrected chi connectivity index (χ0v) is 19.0. The van der Waals surface area contributed by atoms with Crippen LogP contribution in [0.4, 0.5) is 5.69 Å². The minimum atomic E-state index is -0.197. The lowest BCUT2D eigenvalue weighted by Crippen LogP contribution is -2.13. The van der Waals surface area contributed by atoms with Crippen molar-refractivity contribution in [2.45, 2.75) is 19.8 Å². The Bertz CT molecular complexity index is 1260. The van der Waals surface area contributed by atoms with Crippen molar-refractivity contribution in [3.05, 3.63) is 94.3 Å². The summed E-state index contributed by atoms with van der Waals surface area (Å²) >= 11 is 7.81. The molecule has 1 aromatic heterocycles. The Labute approximate surface area is 195 Å². The molecule has 0 radical (unpaired) electrons. The Morgan fingerprint density at radius 1 is 0.969 bits per heavy atom. The molecular formula is C26H21ClN2O2S. The third kappa shape index (κ3) is 5.31. The molecular weight excluding hydrogens is 440 g/mol. The maximum Gasteiger partial charge on any atom is 0.224 e. The molecule has 6 heteroatoms. The summed E-state index contributed by atoms with van der Waals surface area (Å²) in [4.78, 5) is 29.4. The number of amides is 1. The Balaban J connectivity index is 1.40. The van der Waals surface area contributed by atoms with Gasteiger partial charge in [0, 0.05) is 40.6 Å². The Hall–Kier alpha value is -3.28. The van der Waals surface area contributed by atoms with Gasteiger partial charge in [0.1, 0.15) is 5.01 Å². The summed E-state index contributed by atoms with van der Waals surface area (Å²) < 4.78 is 0. The summed E-state index contributed by atoms with van der Waals surface area (Å²) in [5, 5.41) is 6.35. The molecule has 0 unspecified atom stereocenters. The maximum absolute atomic E-state index is 12.4. The van der Waals surface area contributed by atoms with Crippen molar-refractivity contribution in [2.24, 2.45) is 0 Å². The number of hydrogen-bond donors (Lipinski definition) is 1. The average Bonchev–Trinajstić information content (AvgIpc) is 3.28. The van der Waals surface area contributed by atoms with Gasteiger partial charge in [-0.25, -0.2) is 4.98 Å². The Morgan fingerprint density at radius 3 is 2.53 bits per heavy atom. The van der Waals surface area contributed by atoms with Crippen LogP contribution in [0.25, 0.3) is 21.8 Å². The molecule has 4 aromatic rings. The number of carbonyl (C=O) groups is 2. The largest absolute Gasteiger partial charge is 0.326 e. The van der Waals surface area contributed by atoms with Gasteiger partial charge >= 0.3 is 0 Å². The number of aromatic nitrogens is 1. The first kappa shape index (κ1) is 21.9. The molecule has 1 heterocycles. The highest BCUT2D eigenvalue weighted by atomic mass is 35.5. The zero-order chi connectivity index (χ0) is 22.5. The highest BCUT2D eigenvalue weighted by molar-refractivity contribution is 7.13. The second-order valence-corrected chi connectivity index (χ2v) is 8.70. The molecule has 1 amide bonds. The van der Waals surface area contributed by atoms with Crippen LogP contribution in [0.3, 0.4) is 0 Å². The van der Waals surface area contributed by atoms with Gasteiger partial charge in [0.25, 0.3) is 0 Å². The standard InChI is InChI=1S/C26H21ClN2O2S/c1-17-9-11-18(12-10-17)24(30)13-14-25(31)28-20-6-4-5-19(15-20)23-16-32-26(29-23)21-7-2-3-8-22(21)27/h2-12,15-16H,13-14H2,1H3,(H,28,31). The van der Waals surface area contributed by atoms with Gasteiger partial charge in [-0.1, -0.05) is 71.8 Å². The number of nitrogens with zero attached hydrogens (tertiary/aromatic N) is 1. The number of ketones is 1. The summed E-state index contributed by atoms with van der Waals surface area (Å²) in [6.07, 6.45) is 0.298. The van der Waals surface area contributed by atoms with E-state index in [1.54, 1.807) is 12.1 Å². The quantitative estimate of drug-likeness (QED) is 0.301. The first-order chi connectivity index (χ1) is 15.5. The van der Waals surface area contributed by atoms with Crippen molar-refractivity contribution in [3.8, 4) is 21.8 Å². The Morgan fingerprint density at radius 2 is 1.75 bits per heavy atom. The predicted octanol–water partition coefficient (Wildman–Crippen LogP) is 7.04. The third-order valence-corrected chi connectivity index (χ3v) is 6.21. The number of rotatable bonds is 7. The van der Waals surface area contributed by atoms with Gasteiger partial charge in [-0.05, 0) is 25.1 Å². The van der Waals surface area contributed by atoms with E-state index in [1.165, 1.54) is 11.3 Å². The lowest BCUT2D eigenvalue weighted by Gasteiger charge is -2.07. The second kappa shape index (κ2) is 9.90.